The van der Waals surface area contributed by atoms with Crippen molar-refractivity contribution in [2.75, 3.05) is 5.75 Å². The first-order chi connectivity index (χ1) is 18.4. The summed E-state index contributed by atoms with van der Waals surface area (Å²) in [7, 11) is 0. The highest BCUT2D eigenvalue weighted by atomic mass is 35.5. The molecular formula is C30H27ClN4O2S. The van der Waals surface area contributed by atoms with Gasteiger partial charge in [0.1, 0.15) is 5.37 Å². The molecule has 4 aromatic rings. The van der Waals surface area contributed by atoms with Gasteiger partial charge in [-0.05, 0) is 61.4 Å². The van der Waals surface area contributed by atoms with Gasteiger partial charge in [-0.2, -0.15) is 5.10 Å². The van der Waals surface area contributed by atoms with Crippen LogP contribution in [0.25, 0.3) is 5.69 Å². The molecule has 3 aromatic carbocycles. The number of hydrogen-bond donors (Lipinski definition) is 1. The van der Waals surface area contributed by atoms with E-state index >= 15 is 0 Å². The molecule has 6 nitrogen and oxygen atoms in total. The molecule has 192 valence electrons. The van der Waals surface area contributed by atoms with Gasteiger partial charge in [0.2, 0.25) is 5.91 Å². The molecule has 1 aromatic heterocycles. The number of hydrogen-bond acceptors (Lipinski definition) is 4. The number of hydrazone groups is 1. The van der Waals surface area contributed by atoms with Crippen molar-refractivity contribution in [1.29, 1.82) is 0 Å². The van der Waals surface area contributed by atoms with Crippen LogP contribution in [0.3, 0.4) is 0 Å². The van der Waals surface area contributed by atoms with Crippen LogP contribution in [0.2, 0.25) is 5.02 Å². The Morgan fingerprint density at radius 2 is 1.82 bits per heavy atom. The average Bonchev–Trinajstić information content (AvgIpc) is 3.42. The molecule has 1 aliphatic heterocycles. The second-order valence-corrected chi connectivity index (χ2v) is 10.6. The van der Waals surface area contributed by atoms with Gasteiger partial charge in [-0.3, -0.25) is 9.59 Å². The monoisotopic (exact) mass is 542 g/mol. The van der Waals surface area contributed by atoms with Gasteiger partial charge in [0.15, 0.2) is 0 Å². The van der Waals surface area contributed by atoms with Gasteiger partial charge in [0.05, 0.1) is 12.0 Å². The second-order valence-electron chi connectivity index (χ2n) is 9.13. The summed E-state index contributed by atoms with van der Waals surface area (Å²) >= 11 is 7.77. The van der Waals surface area contributed by atoms with Crippen LogP contribution in [0.4, 0.5) is 0 Å². The van der Waals surface area contributed by atoms with Crippen LogP contribution < -0.4 is 5.43 Å². The molecule has 38 heavy (non-hydrogen) atoms. The number of nitrogens with one attached hydrogen (secondary N) is 1. The Morgan fingerprint density at radius 1 is 1.05 bits per heavy atom. The quantitative estimate of drug-likeness (QED) is 0.220. The van der Waals surface area contributed by atoms with Crippen molar-refractivity contribution >= 4 is 41.4 Å². The molecule has 2 heterocycles. The number of aryl methyl sites for hydroxylation is 1. The molecule has 0 aliphatic carbocycles. The van der Waals surface area contributed by atoms with Crippen molar-refractivity contribution in [1.82, 2.24) is 14.9 Å². The van der Waals surface area contributed by atoms with Crippen LogP contribution in [0.5, 0.6) is 0 Å². The van der Waals surface area contributed by atoms with Gasteiger partial charge in [-0.15, -0.1) is 11.8 Å². The van der Waals surface area contributed by atoms with Gasteiger partial charge >= 0.3 is 0 Å². The smallest absolute Gasteiger partial charge is 0.271 e. The predicted octanol–water partition coefficient (Wildman–Crippen LogP) is 6.29. The van der Waals surface area contributed by atoms with E-state index in [2.05, 4.69) is 15.1 Å². The molecule has 1 N–H and O–H groups in total. The lowest BCUT2D eigenvalue weighted by Crippen LogP contribution is -2.27. The van der Waals surface area contributed by atoms with Crippen molar-refractivity contribution in [2.45, 2.75) is 25.8 Å². The van der Waals surface area contributed by atoms with E-state index in [1.165, 1.54) is 0 Å². The topological polar surface area (TPSA) is 66.7 Å². The number of halogens is 1. The van der Waals surface area contributed by atoms with E-state index in [1.54, 1.807) is 30.1 Å². The Hall–Kier alpha value is -3.81. The number of rotatable bonds is 7. The summed E-state index contributed by atoms with van der Waals surface area (Å²) in [6.45, 7) is 4.58. The molecule has 5 rings (SSSR count). The molecule has 2 amide bonds. The summed E-state index contributed by atoms with van der Waals surface area (Å²) in [4.78, 5) is 27.1. The zero-order chi connectivity index (χ0) is 26.6. The third-order valence-corrected chi connectivity index (χ3v) is 8.02. The van der Waals surface area contributed by atoms with Crippen LogP contribution in [0.1, 0.15) is 43.8 Å². The first-order valence-electron chi connectivity index (χ1n) is 12.2. The minimum Gasteiger partial charge on any atom is -0.322 e. The number of carbonyl (C=O) groups excluding carboxylic acids is 2. The van der Waals surface area contributed by atoms with E-state index in [0.29, 0.717) is 22.9 Å². The highest BCUT2D eigenvalue weighted by Gasteiger charge is 2.32. The summed E-state index contributed by atoms with van der Waals surface area (Å²) in [6.07, 6.45) is 1.65. The van der Waals surface area contributed by atoms with Crippen LogP contribution in [-0.4, -0.2) is 33.2 Å². The fourth-order valence-electron chi connectivity index (χ4n) is 4.64. The fourth-order valence-corrected chi connectivity index (χ4v) is 6.01. The van der Waals surface area contributed by atoms with Crippen molar-refractivity contribution in [3.63, 3.8) is 0 Å². The number of thioether (sulfide) groups is 1. The van der Waals surface area contributed by atoms with E-state index in [4.69, 9.17) is 11.6 Å². The molecule has 0 spiro atoms. The molecule has 1 saturated heterocycles. The molecule has 1 aliphatic rings. The Labute approximate surface area is 231 Å². The highest BCUT2D eigenvalue weighted by molar-refractivity contribution is 8.00. The Kier molecular flexibility index (Phi) is 7.67. The Balaban J connectivity index is 1.24. The zero-order valence-corrected chi connectivity index (χ0v) is 22.7. The van der Waals surface area contributed by atoms with E-state index in [0.717, 1.165) is 33.8 Å². The normalized spacial score (nSPS) is 15.4. The zero-order valence-electron chi connectivity index (χ0n) is 21.1. The van der Waals surface area contributed by atoms with Gasteiger partial charge in [0, 0.05) is 39.8 Å². The van der Waals surface area contributed by atoms with Gasteiger partial charge in [0.25, 0.3) is 5.91 Å². The number of benzene rings is 3. The molecule has 1 atom stereocenters. The van der Waals surface area contributed by atoms with Crippen molar-refractivity contribution in [3.8, 4) is 5.69 Å². The van der Waals surface area contributed by atoms with Crippen molar-refractivity contribution in [3.05, 3.63) is 124 Å². The van der Waals surface area contributed by atoms with Crippen molar-refractivity contribution < 1.29 is 9.59 Å². The highest BCUT2D eigenvalue weighted by Crippen LogP contribution is 2.39. The van der Waals surface area contributed by atoms with Gasteiger partial charge < -0.3 is 9.47 Å². The maximum absolute atomic E-state index is 12.7. The average molecular weight is 543 g/mol. The Morgan fingerprint density at radius 3 is 2.55 bits per heavy atom. The molecule has 1 fully saturated rings. The number of nitrogens with zero attached hydrogens (tertiary/aromatic N) is 3. The maximum Gasteiger partial charge on any atom is 0.271 e. The first-order valence-corrected chi connectivity index (χ1v) is 13.7. The summed E-state index contributed by atoms with van der Waals surface area (Å²) in [5.41, 5.74) is 9.11. The largest absolute Gasteiger partial charge is 0.322 e. The maximum atomic E-state index is 12.7. The molecule has 0 radical (unpaired) electrons. The third-order valence-electron chi connectivity index (χ3n) is 6.53. The Bertz CT molecular complexity index is 1500. The SMILES string of the molecule is Cc1cc(/C=N/NC(=O)c2ccc(C3SCC(=O)N3Cc3ccccc3)cc2)c(C)n1-c1cccc(Cl)c1. The number of carbonyl (C=O) groups is 2. The molecular weight excluding hydrogens is 516 g/mol. The van der Waals surface area contributed by atoms with E-state index < -0.39 is 0 Å². The minimum absolute atomic E-state index is 0.0763. The summed E-state index contributed by atoms with van der Waals surface area (Å²) in [6, 6.07) is 27.0. The standard InChI is InChI=1S/C30H27ClN4O2S/c1-20-15-25(21(2)35(20)27-10-6-9-26(31)16-27)17-32-33-29(37)23-11-13-24(14-12-23)30-34(28(36)19-38-30)18-22-7-4-3-5-8-22/h3-17,30H,18-19H2,1-2H3,(H,33,37)/b32-17+. The van der Waals surface area contributed by atoms with Gasteiger partial charge in [-0.25, -0.2) is 5.43 Å². The molecule has 8 heteroatoms. The fraction of sp³-hybridized carbons (Fsp3) is 0.167. The van der Waals surface area contributed by atoms with Crippen LogP contribution in [0.15, 0.2) is 90.0 Å². The third kappa shape index (κ3) is 5.54. The lowest BCUT2D eigenvalue weighted by Gasteiger charge is -2.24. The minimum atomic E-state index is -0.298. The van der Waals surface area contributed by atoms with Crippen molar-refractivity contribution in [2.24, 2.45) is 5.10 Å². The predicted molar refractivity (Wildman–Crippen MR) is 154 cm³/mol. The van der Waals surface area contributed by atoms with Crippen LogP contribution in [0, 0.1) is 13.8 Å². The number of amides is 2. The lowest BCUT2D eigenvalue weighted by atomic mass is 10.1. The van der Waals surface area contributed by atoms with Crippen LogP contribution in [-0.2, 0) is 11.3 Å². The molecule has 1 unspecified atom stereocenters. The number of aromatic nitrogens is 1. The molecule has 0 bridgehead atoms. The summed E-state index contributed by atoms with van der Waals surface area (Å²) in [5.74, 6) is 0.273. The summed E-state index contributed by atoms with van der Waals surface area (Å²) in [5, 5.41) is 4.79. The van der Waals surface area contributed by atoms with E-state index in [1.807, 2.05) is 91.5 Å². The first kappa shape index (κ1) is 25.8. The molecule has 0 saturated carbocycles. The van der Waals surface area contributed by atoms with Gasteiger partial charge in [-0.1, -0.05) is 60.1 Å². The lowest BCUT2D eigenvalue weighted by molar-refractivity contribution is -0.128. The van der Waals surface area contributed by atoms with Crippen LogP contribution >= 0.6 is 23.4 Å². The van der Waals surface area contributed by atoms with E-state index in [9.17, 15) is 9.59 Å². The van der Waals surface area contributed by atoms with E-state index in [-0.39, 0.29) is 17.2 Å². The second kappa shape index (κ2) is 11.3. The summed E-state index contributed by atoms with van der Waals surface area (Å²) < 4.78 is 2.10.